The van der Waals surface area contributed by atoms with Gasteiger partial charge in [-0.25, -0.2) is 13.1 Å². The topological polar surface area (TPSA) is 64.6 Å². The fourth-order valence-corrected chi connectivity index (χ4v) is 2.99. The minimum absolute atomic E-state index is 0.167. The number of hydrogen-bond acceptors (Lipinski definition) is 4. The van der Waals surface area contributed by atoms with Crippen molar-refractivity contribution >= 4 is 21.6 Å². The number of ether oxygens (including phenoxy) is 2. The number of methoxy groups -OCH3 is 2. The van der Waals surface area contributed by atoms with Crippen LogP contribution < -0.4 is 4.72 Å². The van der Waals surface area contributed by atoms with E-state index in [1.54, 1.807) is 19.2 Å². The zero-order valence-corrected chi connectivity index (χ0v) is 13.9. The van der Waals surface area contributed by atoms with Crippen LogP contribution in [0.25, 0.3) is 0 Å². The zero-order chi connectivity index (χ0) is 15.7. The van der Waals surface area contributed by atoms with E-state index in [4.69, 9.17) is 21.1 Å². The molecule has 0 saturated heterocycles. The van der Waals surface area contributed by atoms with Crippen molar-refractivity contribution in [3.63, 3.8) is 0 Å². The van der Waals surface area contributed by atoms with Gasteiger partial charge >= 0.3 is 0 Å². The molecule has 0 amide bonds. The Balaban J connectivity index is 2.65. The average molecular weight is 336 g/mol. The third-order valence-corrected chi connectivity index (χ3v) is 4.73. The van der Waals surface area contributed by atoms with Crippen molar-refractivity contribution < 1.29 is 17.9 Å². The summed E-state index contributed by atoms with van der Waals surface area (Å²) in [6, 6.07) is 6.82. The Kier molecular flexibility index (Phi) is 8.21. The molecule has 1 aromatic rings. The van der Waals surface area contributed by atoms with Crippen molar-refractivity contribution in [3.05, 3.63) is 29.8 Å². The number of nitrogens with one attached hydrogen (secondary N) is 1. The normalized spacial score (nSPS) is 13.3. The Labute approximate surface area is 131 Å². The summed E-state index contributed by atoms with van der Waals surface area (Å²) in [6.45, 7) is 0.497. The molecule has 21 heavy (non-hydrogen) atoms. The van der Waals surface area contributed by atoms with E-state index < -0.39 is 10.0 Å². The third kappa shape index (κ3) is 6.32. The fraction of sp³-hybridized carbons (Fsp3) is 0.571. The summed E-state index contributed by atoms with van der Waals surface area (Å²) >= 11 is 5.64. The monoisotopic (exact) mass is 335 g/mol. The lowest BCUT2D eigenvalue weighted by molar-refractivity contribution is 0.0320. The Bertz CT molecular complexity index is 504. The van der Waals surface area contributed by atoms with Crippen molar-refractivity contribution in [2.45, 2.75) is 23.8 Å². The summed E-state index contributed by atoms with van der Waals surface area (Å²) in [7, 11) is -0.473. The molecule has 0 aliphatic heterocycles. The molecule has 0 heterocycles. The molecule has 0 aromatic heterocycles. The van der Waals surface area contributed by atoms with E-state index in [0.29, 0.717) is 12.5 Å². The van der Waals surface area contributed by atoms with Crippen LogP contribution in [0.5, 0.6) is 0 Å². The van der Waals surface area contributed by atoms with Gasteiger partial charge in [0.05, 0.1) is 17.6 Å². The first-order chi connectivity index (χ1) is 10.0. The molecule has 0 radical (unpaired) electrons. The van der Waals surface area contributed by atoms with Crippen LogP contribution in [-0.4, -0.2) is 47.8 Å². The number of hydrogen-bond donors (Lipinski definition) is 1. The largest absolute Gasteiger partial charge is 0.382 e. The van der Waals surface area contributed by atoms with Crippen LogP contribution in [0.15, 0.2) is 29.2 Å². The van der Waals surface area contributed by atoms with Crippen LogP contribution in [0.2, 0.25) is 0 Å². The van der Waals surface area contributed by atoms with Crippen LogP contribution >= 0.6 is 11.6 Å². The molecule has 1 unspecified atom stereocenters. The van der Waals surface area contributed by atoms with Crippen molar-refractivity contribution in [1.82, 2.24) is 4.72 Å². The average Bonchev–Trinajstić information content (AvgIpc) is 2.49. The summed E-state index contributed by atoms with van der Waals surface area (Å²) in [5, 5.41) is 0. The lowest BCUT2D eigenvalue weighted by atomic mass is 10.1. The predicted molar refractivity (Wildman–Crippen MR) is 83.3 cm³/mol. The van der Waals surface area contributed by atoms with E-state index in [9.17, 15) is 8.42 Å². The Hall–Kier alpha value is -0.660. The lowest BCUT2D eigenvalue weighted by Gasteiger charge is -2.15. The Morgan fingerprint density at radius 1 is 1.24 bits per heavy atom. The van der Waals surface area contributed by atoms with Crippen molar-refractivity contribution in [2.75, 3.05) is 33.3 Å². The SMILES string of the molecule is COCC(CNS(=O)(=O)c1ccc(CCCCl)cc1)OC. The molecule has 0 saturated carbocycles. The summed E-state index contributed by atoms with van der Waals surface area (Å²) < 4.78 is 36.9. The Morgan fingerprint density at radius 3 is 2.43 bits per heavy atom. The first kappa shape index (κ1) is 18.4. The molecule has 1 aromatic carbocycles. The molecular weight excluding hydrogens is 314 g/mol. The van der Waals surface area contributed by atoms with Gasteiger partial charge in [0.15, 0.2) is 0 Å². The summed E-state index contributed by atoms with van der Waals surface area (Å²) in [6.07, 6.45) is 1.41. The molecule has 0 bridgehead atoms. The zero-order valence-electron chi connectivity index (χ0n) is 12.3. The smallest absolute Gasteiger partial charge is 0.240 e. The molecule has 5 nitrogen and oxygen atoms in total. The van der Waals surface area contributed by atoms with E-state index in [-0.39, 0.29) is 17.5 Å². The summed E-state index contributed by atoms with van der Waals surface area (Å²) in [4.78, 5) is 0.240. The molecule has 0 aliphatic carbocycles. The fourth-order valence-electron chi connectivity index (χ4n) is 1.79. The maximum atomic E-state index is 12.2. The second kappa shape index (κ2) is 9.38. The third-order valence-electron chi connectivity index (χ3n) is 3.02. The van der Waals surface area contributed by atoms with E-state index >= 15 is 0 Å². The first-order valence-electron chi connectivity index (χ1n) is 6.69. The van der Waals surface area contributed by atoms with Gasteiger partial charge in [-0.2, -0.15) is 0 Å². The van der Waals surface area contributed by atoms with Gasteiger partial charge in [0.1, 0.15) is 0 Å². The molecule has 0 spiro atoms. The number of rotatable bonds is 10. The second-order valence-corrected chi connectivity index (χ2v) is 6.75. The number of sulfonamides is 1. The van der Waals surface area contributed by atoms with E-state index in [1.165, 1.54) is 7.11 Å². The predicted octanol–water partition coefficient (Wildman–Crippen LogP) is 1.80. The number of halogens is 1. The molecule has 0 fully saturated rings. The minimum Gasteiger partial charge on any atom is -0.382 e. The molecular formula is C14H22ClNO4S. The summed E-state index contributed by atoms with van der Waals surface area (Å²) in [5.74, 6) is 0.597. The molecule has 7 heteroatoms. The maximum absolute atomic E-state index is 12.2. The van der Waals surface area contributed by atoms with Crippen LogP contribution in [0.4, 0.5) is 0 Å². The van der Waals surface area contributed by atoms with Crippen LogP contribution in [0.1, 0.15) is 12.0 Å². The van der Waals surface area contributed by atoms with Crippen LogP contribution in [0, 0.1) is 0 Å². The van der Waals surface area contributed by atoms with Gasteiger partial charge in [0, 0.05) is 26.6 Å². The standard InChI is InChI=1S/C14H22ClNO4S/c1-19-11-13(20-2)10-16-21(17,18)14-7-5-12(6-8-14)4-3-9-15/h5-8,13,16H,3-4,9-11H2,1-2H3. The highest BCUT2D eigenvalue weighted by atomic mass is 35.5. The van der Waals surface area contributed by atoms with Crippen LogP contribution in [0.3, 0.4) is 0 Å². The number of benzene rings is 1. The van der Waals surface area contributed by atoms with E-state index in [2.05, 4.69) is 4.72 Å². The van der Waals surface area contributed by atoms with Crippen molar-refractivity contribution in [3.8, 4) is 0 Å². The second-order valence-electron chi connectivity index (χ2n) is 4.60. The molecule has 1 N–H and O–H groups in total. The highest BCUT2D eigenvalue weighted by Crippen LogP contribution is 2.12. The van der Waals surface area contributed by atoms with Gasteiger partial charge in [-0.3, -0.25) is 0 Å². The van der Waals surface area contributed by atoms with Gasteiger partial charge in [-0.05, 0) is 30.5 Å². The molecule has 1 rings (SSSR count). The quantitative estimate of drug-likeness (QED) is 0.662. The maximum Gasteiger partial charge on any atom is 0.240 e. The minimum atomic E-state index is -3.53. The number of aryl methyl sites for hydroxylation is 1. The van der Waals surface area contributed by atoms with Gasteiger partial charge in [-0.15, -0.1) is 11.6 Å². The lowest BCUT2D eigenvalue weighted by Crippen LogP contribution is -2.35. The van der Waals surface area contributed by atoms with Crippen molar-refractivity contribution in [2.24, 2.45) is 0 Å². The van der Waals surface area contributed by atoms with E-state index in [0.717, 1.165) is 18.4 Å². The van der Waals surface area contributed by atoms with Crippen molar-refractivity contribution in [1.29, 1.82) is 0 Å². The molecule has 120 valence electrons. The number of alkyl halides is 1. The highest BCUT2D eigenvalue weighted by molar-refractivity contribution is 7.89. The Morgan fingerprint density at radius 2 is 1.90 bits per heavy atom. The van der Waals surface area contributed by atoms with E-state index in [1.807, 2.05) is 12.1 Å². The molecule has 1 atom stereocenters. The molecule has 0 aliphatic rings. The highest BCUT2D eigenvalue weighted by Gasteiger charge is 2.16. The van der Waals surface area contributed by atoms with Gasteiger partial charge in [0.2, 0.25) is 10.0 Å². The van der Waals surface area contributed by atoms with Gasteiger partial charge in [-0.1, -0.05) is 12.1 Å². The van der Waals surface area contributed by atoms with Gasteiger partial charge < -0.3 is 9.47 Å². The van der Waals surface area contributed by atoms with Crippen LogP contribution in [-0.2, 0) is 25.9 Å². The summed E-state index contributed by atoms with van der Waals surface area (Å²) in [5.41, 5.74) is 1.07. The van der Waals surface area contributed by atoms with Gasteiger partial charge in [0.25, 0.3) is 0 Å². The first-order valence-corrected chi connectivity index (χ1v) is 8.71.